The van der Waals surface area contributed by atoms with Crippen molar-refractivity contribution in [2.24, 2.45) is 57.1 Å². The Morgan fingerprint density at radius 3 is 2.50 bits per heavy atom. The van der Waals surface area contributed by atoms with Gasteiger partial charge >= 0.3 is 0 Å². The highest BCUT2D eigenvalue weighted by atomic mass is 16.5. The number of hydrogen-bond donors (Lipinski definition) is 1. The van der Waals surface area contributed by atoms with Crippen LogP contribution in [0.3, 0.4) is 0 Å². The van der Waals surface area contributed by atoms with E-state index in [1.807, 2.05) is 14.2 Å². The van der Waals surface area contributed by atoms with Gasteiger partial charge in [-0.1, -0.05) is 13.8 Å². The minimum absolute atomic E-state index is 0.305. The Balaban J connectivity index is 1.51. The van der Waals surface area contributed by atoms with Gasteiger partial charge in [0.05, 0.1) is 17.7 Å². The van der Waals surface area contributed by atoms with Crippen LogP contribution in [-0.2, 0) is 9.47 Å². The van der Waals surface area contributed by atoms with Crippen molar-refractivity contribution in [2.45, 2.75) is 84.2 Å². The molecule has 0 aromatic rings. The standard InChI is InChI=1S/C29H47N3O2/c1-27-12-10-20(18-33-4)14-22(27)6-7-23-24-8-9-26(28(24,2)13-11-25(23)27)29(3,34-5)19-32-17-21(15-30)16-31/h15,17,20,22-26H,6-14,18-19,30H2,1-5H3/t20-,22+,23-,24-,25-,26?,27-,28-,29?/m0/s1. The summed E-state index contributed by atoms with van der Waals surface area (Å²) in [6, 6.07) is 2.08. The zero-order valence-electron chi connectivity index (χ0n) is 22.2. The topological polar surface area (TPSA) is 80.6 Å². The minimum atomic E-state index is -0.318. The van der Waals surface area contributed by atoms with Gasteiger partial charge in [-0.3, -0.25) is 4.99 Å². The Morgan fingerprint density at radius 1 is 1.09 bits per heavy atom. The van der Waals surface area contributed by atoms with E-state index in [4.69, 9.17) is 20.5 Å². The fourth-order valence-corrected chi connectivity index (χ4v) is 9.49. The molecule has 4 aliphatic carbocycles. The van der Waals surface area contributed by atoms with Crippen LogP contribution in [0.4, 0.5) is 0 Å². The van der Waals surface area contributed by atoms with Crippen molar-refractivity contribution in [2.75, 3.05) is 27.4 Å². The molecule has 0 bridgehead atoms. The number of nitrogens with two attached hydrogens (primary N) is 1. The van der Waals surface area contributed by atoms with Crippen LogP contribution >= 0.6 is 0 Å². The minimum Gasteiger partial charge on any atom is -0.403 e. The highest BCUT2D eigenvalue weighted by molar-refractivity contribution is 5.83. The largest absolute Gasteiger partial charge is 0.403 e. The molecule has 9 atom stereocenters. The van der Waals surface area contributed by atoms with Gasteiger partial charge in [0.15, 0.2) is 0 Å². The molecule has 34 heavy (non-hydrogen) atoms. The third-order valence-electron chi connectivity index (χ3n) is 11.3. The first-order valence-corrected chi connectivity index (χ1v) is 13.6. The van der Waals surface area contributed by atoms with Crippen molar-refractivity contribution in [3.63, 3.8) is 0 Å². The number of nitrogens with zero attached hydrogens (tertiary/aromatic N) is 2. The molecule has 2 N–H and O–H groups in total. The quantitative estimate of drug-likeness (QED) is 0.380. The lowest BCUT2D eigenvalue weighted by Gasteiger charge is -2.62. The second-order valence-electron chi connectivity index (χ2n) is 12.6. The molecule has 0 aromatic carbocycles. The predicted octanol–water partition coefficient (Wildman–Crippen LogP) is 5.75. The van der Waals surface area contributed by atoms with Crippen molar-refractivity contribution in [3.05, 3.63) is 11.8 Å². The van der Waals surface area contributed by atoms with Crippen LogP contribution in [0.15, 0.2) is 16.8 Å². The number of rotatable bonds is 7. The van der Waals surface area contributed by atoms with Crippen molar-refractivity contribution >= 4 is 6.21 Å². The molecule has 0 radical (unpaired) electrons. The second kappa shape index (κ2) is 9.94. The van der Waals surface area contributed by atoms with E-state index in [-0.39, 0.29) is 5.60 Å². The Bertz CT molecular complexity index is 834. The fraction of sp³-hybridized carbons (Fsp3) is 0.862. The molecule has 0 saturated heterocycles. The Hall–Kier alpha value is -1.38. The zero-order chi connectivity index (χ0) is 24.6. The predicted molar refractivity (Wildman–Crippen MR) is 137 cm³/mol. The summed E-state index contributed by atoms with van der Waals surface area (Å²) in [5.41, 5.74) is 6.43. The lowest BCUT2D eigenvalue weighted by atomic mass is 9.44. The smallest absolute Gasteiger partial charge is 0.102 e. The van der Waals surface area contributed by atoms with E-state index in [0.717, 1.165) is 36.2 Å². The maximum atomic E-state index is 9.15. The molecular formula is C29H47N3O2. The van der Waals surface area contributed by atoms with E-state index in [1.54, 1.807) is 6.21 Å². The van der Waals surface area contributed by atoms with Crippen LogP contribution in [0.25, 0.3) is 0 Å². The van der Waals surface area contributed by atoms with Crippen LogP contribution in [0.1, 0.15) is 78.6 Å². The number of ether oxygens (including phenoxy) is 2. The van der Waals surface area contributed by atoms with Crippen molar-refractivity contribution in [1.82, 2.24) is 0 Å². The number of fused-ring (bicyclic) bond motifs is 5. The first-order chi connectivity index (χ1) is 16.3. The molecule has 0 amide bonds. The summed E-state index contributed by atoms with van der Waals surface area (Å²) in [4.78, 5) is 4.61. The highest BCUT2D eigenvalue weighted by Gasteiger charge is 2.62. The SMILES string of the molecule is COC[C@H]1CC[C@@]2(C)[C@H](CC[C@@H]3[C@@H]2CC[C@]2(C)C(C(C)(CN=CC(C#N)=CN)OC)CC[C@@H]32)C1. The number of allylic oxidation sites excluding steroid dienone is 1. The van der Waals surface area contributed by atoms with Crippen molar-refractivity contribution in [3.8, 4) is 6.07 Å². The summed E-state index contributed by atoms with van der Waals surface area (Å²) in [7, 11) is 3.70. The van der Waals surface area contributed by atoms with Gasteiger partial charge in [0.2, 0.25) is 0 Å². The maximum absolute atomic E-state index is 9.15. The van der Waals surface area contributed by atoms with Gasteiger partial charge in [-0.2, -0.15) is 5.26 Å². The van der Waals surface area contributed by atoms with Gasteiger partial charge in [-0.15, -0.1) is 0 Å². The molecule has 2 unspecified atom stereocenters. The average Bonchev–Trinajstić information content (AvgIpc) is 3.20. The normalized spacial score (nSPS) is 44.1. The molecular weight excluding hydrogens is 422 g/mol. The van der Waals surface area contributed by atoms with Crippen LogP contribution in [-0.4, -0.2) is 39.2 Å². The molecule has 4 saturated carbocycles. The van der Waals surface area contributed by atoms with E-state index >= 15 is 0 Å². The molecule has 0 heterocycles. The Labute approximate surface area is 207 Å². The Kier molecular flexibility index (Phi) is 7.51. The first kappa shape index (κ1) is 25.7. The first-order valence-electron chi connectivity index (χ1n) is 13.6. The molecule has 0 aliphatic heterocycles. The summed E-state index contributed by atoms with van der Waals surface area (Å²) in [6.07, 6.45) is 15.1. The van der Waals surface area contributed by atoms with Crippen LogP contribution < -0.4 is 5.73 Å². The molecule has 0 aromatic heterocycles. The summed E-state index contributed by atoms with van der Waals surface area (Å²) in [6.45, 7) is 8.97. The van der Waals surface area contributed by atoms with Crippen LogP contribution in [0, 0.1) is 57.7 Å². The number of hydrogen-bond acceptors (Lipinski definition) is 5. The van der Waals surface area contributed by atoms with Gasteiger partial charge in [0.1, 0.15) is 6.07 Å². The maximum Gasteiger partial charge on any atom is 0.102 e. The molecule has 0 spiro atoms. The summed E-state index contributed by atoms with van der Waals surface area (Å²) in [5, 5.41) is 9.15. The number of methoxy groups -OCH3 is 2. The summed E-state index contributed by atoms with van der Waals surface area (Å²) >= 11 is 0. The molecule has 4 rings (SSSR count). The highest BCUT2D eigenvalue weighted by Crippen LogP contribution is 2.69. The summed E-state index contributed by atoms with van der Waals surface area (Å²) < 4.78 is 11.7. The number of aliphatic imine (C=N–C) groups is 1. The van der Waals surface area contributed by atoms with E-state index in [9.17, 15) is 0 Å². The van der Waals surface area contributed by atoms with Gasteiger partial charge in [0.25, 0.3) is 0 Å². The average molecular weight is 470 g/mol. The second-order valence-corrected chi connectivity index (χ2v) is 12.6. The third kappa shape index (κ3) is 4.24. The van der Waals surface area contributed by atoms with Gasteiger partial charge in [-0.25, -0.2) is 0 Å². The lowest BCUT2D eigenvalue weighted by Crippen LogP contribution is -2.56. The summed E-state index contributed by atoms with van der Waals surface area (Å²) in [5.74, 6) is 4.67. The molecule has 190 valence electrons. The molecule has 5 nitrogen and oxygen atoms in total. The van der Waals surface area contributed by atoms with Crippen molar-refractivity contribution < 1.29 is 9.47 Å². The van der Waals surface area contributed by atoms with Gasteiger partial charge in [0, 0.05) is 33.2 Å². The molecule has 5 heteroatoms. The van der Waals surface area contributed by atoms with Crippen molar-refractivity contribution in [1.29, 1.82) is 5.26 Å². The fourth-order valence-electron chi connectivity index (χ4n) is 9.49. The van der Waals surface area contributed by atoms with Gasteiger partial charge in [-0.05, 0) is 111 Å². The molecule has 4 aliphatic rings. The number of nitriles is 1. The molecule has 4 fully saturated rings. The van der Waals surface area contributed by atoms with E-state index < -0.39 is 0 Å². The van der Waals surface area contributed by atoms with E-state index in [0.29, 0.717) is 28.9 Å². The lowest BCUT2D eigenvalue weighted by molar-refractivity contribution is -0.144. The van der Waals surface area contributed by atoms with Crippen LogP contribution in [0.5, 0.6) is 0 Å². The monoisotopic (exact) mass is 469 g/mol. The Morgan fingerprint density at radius 2 is 1.82 bits per heavy atom. The third-order valence-corrected chi connectivity index (χ3v) is 11.3. The van der Waals surface area contributed by atoms with E-state index in [2.05, 4.69) is 31.8 Å². The zero-order valence-corrected chi connectivity index (χ0v) is 22.2. The van der Waals surface area contributed by atoms with E-state index in [1.165, 1.54) is 64.0 Å². The van der Waals surface area contributed by atoms with Crippen LogP contribution in [0.2, 0.25) is 0 Å². The van der Waals surface area contributed by atoms with Gasteiger partial charge < -0.3 is 15.2 Å².